The molecule has 1 atom stereocenters. The van der Waals surface area contributed by atoms with E-state index in [2.05, 4.69) is 29.0 Å². The smallest absolute Gasteiger partial charge is 0.208 e. The quantitative estimate of drug-likeness (QED) is 0.841. The van der Waals surface area contributed by atoms with Crippen molar-refractivity contribution in [1.82, 2.24) is 15.2 Å². The van der Waals surface area contributed by atoms with Crippen molar-refractivity contribution in [3.8, 4) is 0 Å². The Hall–Kier alpha value is -0.870. The van der Waals surface area contributed by atoms with Crippen molar-refractivity contribution in [2.75, 3.05) is 19.6 Å². The predicted octanol–water partition coefficient (Wildman–Crippen LogP) is 1.41. The van der Waals surface area contributed by atoms with Crippen molar-refractivity contribution in [1.29, 1.82) is 0 Å². The van der Waals surface area contributed by atoms with Crippen LogP contribution in [0.4, 0.5) is 0 Å². The molecule has 1 fully saturated rings. The van der Waals surface area contributed by atoms with Gasteiger partial charge in [-0.1, -0.05) is 13.8 Å². The number of hydrogen-bond donors (Lipinski definition) is 1. The Kier molecular flexibility index (Phi) is 3.61. The largest absolute Gasteiger partial charge is 0.445 e. The van der Waals surface area contributed by atoms with E-state index < -0.39 is 0 Å². The minimum Gasteiger partial charge on any atom is -0.445 e. The van der Waals surface area contributed by atoms with Crippen LogP contribution in [0.5, 0.6) is 0 Å². The van der Waals surface area contributed by atoms with Gasteiger partial charge in [-0.25, -0.2) is 4.98 Å². The van der Waals surface area contributed by atoms with Crippen LogP contribution in [0.2, 0.25) is 0 Å². The van der Waals surface area contributed by atoms with E-state index in [0.29, 0.717) is 12.0 Å². The molecule has 0 bridgehead atoms. The molecular weight excluding hydrogens is 202 g/mol. The van der Waals surface area contributed by atoms with E-state index in [9.17, 15) is 0 Å². The van der Waals surface area contributed by atoms with E-state index in [1.54, 1.807) is 6.20 Å². The lowest BCUT2D eigenvalue weighted by Gasteiger charge is -2.35. The highest BCUT2D eigenvalue weighted by molar-refractivity contribution is 4.92. The minimum atomic E-state index is 0.588. The fourth-order valence-electron chi connectivity index (χ4n) is 2.10. The van der Waals surface area contributed by atoms with Crippen molar-refractivity contribution < 1.29 is 4.42 Å². The average Bonchev–Trinajstić information content (AvgIpc) is 2.64. The highest BCUT2D eigenvalue weighted by Crippen LogP contribution is 2.11. The van der Waals surface area contributed by atoms with Crippen LogP contribution in [0.25, 0.3) is 0 Å². The molecule has 0 radical (unpaired) electrons. The zero-order chi connectivity index (χ0) is 11.5. The lowest BCUT2D eigenvalue weighted by Crippen LogP contribution is -2.52. The van der Waals surface area contributed by atoms with Gasteiger partial charge >= 0.3 is 0 Å². The fourth-order valence-corrected chi connectivity index (χ4v) is 2.10. The molecule has 90 valence electrons. The fraction of sp³-hybridized carbons (Fsp3) is 0.750. The number of piperazine rings is 1. The number of nitrogens with one attached hydrogen (secondary N) is 1. The summed E-state index contributed by atoms with van der Waals surface area (Å²) >= 11 is 0. The molecule has 1 aromatic heterocycles. The third kappa shape index (κ3) is 2.83. The first-order valence-electron chi connectivity index (χ1n) is 6.02. The molecule has 1 saturated heterocycles. The highest BCUT2D eigenvalue weighted by Gasteiger charge is 2.22. The van der Waals surface area contributed by atoms with Gasteiger partial charge in [-0.15, -0.1) is 0 Å². The summed E-state index contributed by atoms with van der Waals surface area (Å²) in [5.74, 6) is 2.40. The summed E-state index contributed by atoms with van der Waals surface area (Å²) in [4.78, 5) is 6.66. The van der Waals surface area contributed by atoms with E-state index >= 15 is 0 Å². The molecule has 4 heteroatoms. The summed E-state index contributed by atoms with van der Waals surface area (Å²) in [5.41, 5.74) is 0. The standard InChI is InChI=1S/C12H21N3O/c1-9(2)11-7-15(5-4-13-11)8-12-14-6-10(3)16-12/h6,9,11,13H,4-5,7-8H2,1-3H3. The van der Waals surface area contributed by atoms with Crippen molar-refractivity contribution in [3.05, 3.63) is 17.8 Å². The van der Waals surface area contributed by atoms with Crippen molar-refractivity contribution in [2.24, 2.45) is 5.92 Å². The molecule has 1 unspecified atom stereocenters. The molecule has 0 aliphatic carbocycles. The second-order valence-electron chi connectivity index (χ2n) is 4.90. The summed E-state index contributed by atoms with van der Waals surface area (Å²) < 4.78 is 5.51. The third-order valence-corrected chi connectivity index (χ3v) is 3.12. The van der Waals surface area contributed by atoms with E-state index in [4.69, 9.17) is 4.42 Å². The molecule has 2 heterocycles. The monoisotopic (exact) mass is 223 g/mol. The summed E-state index contributed by atoms with van der Waals surface area (Å²) in [6.07, 6.45) is 1.79. The first-order chi connectivity index (χ1) is 7.65. The molecule has 0 aromatic carbocycles. The maximum absolute atomic E-state index is 5.51. The number of aryl methyl sites for hydroxylation is 1. The molecule has 16 heavy (non-hydrogen) atoms. The Morgan fingerprint density at radius 3 is 3.06 bits per heavy atom. The number of nitrogens with zero attached hydrogens (tertiary/aromatic N) is 2. The van der Waals surface area contributed by atoms with Crippen LogP contribution in [-0.2, 0) is 6.54 Å². The van der Waals surface area contributed by atoms with Gasteiger partial charge in [0.15, 0.2) is 0 Å². The first-order valence-corrected chi connectivity index (χ1v) is 6.02. The van der Waals surface area contributed by atoms with Gasteiger partial charge in [0.2, 0.25) is 5.89 Å². The van der Waals surface area contributed by atoms with Crippen LogP contribution in [0.1, 0.15) is 25.5 Å². The molecule has 1 aromatic rings. The number of hydrogen-bond acceptors (Lipinski definition) is 4. The van der Waals surface area contributed by atoms with Crippen LogP contribution >= 0.6 is 0 Å². The van der Waals surface area contributed by atoms with Crippen LogP contribution < -0.4 is 5.32 Å². The third-order valence-electron chi connectivity index (χ3n) is 3.12. The summed E-state index contributed by atoms with van der Waals surface area (Å²) in [7, 11) is 0. The van der Waals surface area contributed by atoms with Gasteiger partial charge in [0.25, 0.3) is 0 Å². The Labute approximate surface area is 97.0 Å². The van der Waals surface area contributed by atoms with Gasteiger partial charge < -0.3 is 9.73 Å². The Balaban J connectivity index is 1.90. The van der Waals surface area contributed by atoms with Gasteiger partial charge in [0.05, 0.1) is 12.7 Å². The maximum atomic E-state index is 5.51. The second-order valence-corrected chi connectivity index (χ2v) is 4.90. The van der Waals surface area contributed by atoms with Gasteiger partial charge in [-0.3, -0.25) is 4.90 Å². The van der Waals surface area contributed by atoms with Crippen LogP contribution in [0.3, 0.4) is 0 Å². The zero-order valence-corrected chi connectivity index (χ0v) is 10.4. The lowest BCUT2D eigenvalue weighted by atomic mass is 10.0. The van der Waals surface area contributed by atoms with Crippen LogP contribution in [0, 0.1) is 12.8 Å². The minimum absolute atomic E-state index is 0.588. The van der Waals surface area contributed by atoms with Gasteiger partial charge in [-0.2, -0.15) is 0 Å². The van der Waals surface area contributed by atoms with E-state index in [0.717, 1.165) is 37.8 Å². The summed E-state index contributed by atoms with van der Waals surface area (Å²) in [6, 6.07) is 0.588. The van der Waals surface area contributed by atoms with Crippen LogP contribution in [0.15, 0.2) is 10.6 Å². The average molecular weight is 223 g/mol. The van der Waals surface area contributed by atoms with Crippen LogP contribution in [-0.4, -0.2) is 35.6 Å². The molecule has 0 spiro atoms. The normalized spacial score (nSPS) is 22.9. The number of oxazole rings is 1. The second kappa shape index (κ2) is 4.97. The number of aromatic nitrogens is 1. The summed E-state index contributed by atoms with van der Waals surface area (Å²) in [6.45, 7) is 10.5. The molecule has 1 aliphatic heterocycles. The van der Waals surface area contributed by atoms with Crippen molar-refractivity contribution >= 4 is 0 Å². The molecular formula is C12H21N3O. The Bertz CT molecular complexity index is 335. The molecule has 2 rings (SSSR count). The van der Waals surface area contributed by atoms with E-state index in [1.807, 2.05) is 6.92 Å². The lowest BCUT2D eigenvalue weighted by molar-refractivity contribution is 0.156. The number of rotatable bonds is 3. The molecule has 0 saturated carbocycles. The van der Waals surface area contributed by atoms with Gasteiger partial charge in [-0.05, 0) is 12.8 Å². The molecule has 1 aliphatic rings. The van der Waals surface area contributed by atoms with Crippen molar-refractivity contribution in [3.63, 3.8) is 0 Å². The first kappa shape index (κ1) is 11.6. The molecule has 1 N–H and O–H groups in total. The Morgan fingerprint density at radius 1 is 1.62 bits per heavy atom. The topological polar surface area (TPSA) is 41.3 Å². The molecule has 0 amide bonds. The Morgan fingerprint density at radius 2 is 2.44 bits per heavy atom. The molecule has 4 nitrogen and oxygen atoms in total. The predicted molar refractivity (Wildman–Crippen MR) is 63.1 cm³/mol. The van der Waals surface area contributed by atoms with Crippen molar-refractivity contribution in [2.45, 2.75) is 33.4 Å². The van der Waals surface area contributed by atoms with Gasteiger partial charge in [0, 0.05) is 25.7 Å². The highest BCUT2D eigenvalue weighted by atomic mass is 16.4. The maximum Gasteiger partial charge on any atom is 0.208 e. The zero-order valence-electron chi connectivity index (χ0n) is 10.4. The SMILES string of the molecule is Cc1cnc(CN2CCNC(C(C)C)C2)o1. The van der Waals surface area contributed by atoms with E-state index in [-0.39, 0.29) is 0 Å². The van der Waals surface area contributed by atoms with E-state index in [1.165, 1.54) is 0 Å². The summed E-state index contributed by atoms with van der Waals surface area (Å²) in [5, 5.41) is 3.55. The van der Waals surface area contributed by atoms with Gasteiger partial charge in [0.1, 0.15) is 5.76 Å².